The molecule has 0 amide bonds. The topological polar surface area (TPSA) is 38.3 Å². The number of rotatable bonds is 6. The first-order valence-electron chi connectivity index (χ1n) is 8.71. The van der Waals surface area contributed by atoms with E-state index < -0.39 is 5.41 Å². The molecular formula is C22H22FNO2S. The molecule has 27 heavy (non-hydrogen) atoms. The van der Waals surface area contributed by atoms with Crippen LogP contribution in [-0.4, -0.2) is 18.8 Å². The molecule has 0 aromatic heterocycles. The van der Waals surface area contributed by atoms with Gasteiger partial charge in [-0.15, -0.1) is 11.8 Å². The minimum atomic E-state index is -0.802. The lowest BCUT2D eigenvalue weighted by Gasteiger charge is -2.32. The number of carbonyl (C=O) groups excluding carboxylic acids is 1. The number of hydrogen-bond donors (Lipinski definition) is 1. The predicted octanol–water partition coefficient (Wildman–Crippen LogP) is 5.42. The zero-order valence-corrected chi connectivity index (χ0v) is 16.2. The molecule has 3 nitrogen and oxygen atoms in total. The average Bonchev–Trinajstić information content (AvgIpc) is 2.70. The molecule has 0 fully saturated rings. The number of esters is 1. The maximum Gasteiger partial charge on any atom is 0.317 e. The van der Waals surface area contributed by atoms with Crippen LogP contribution in [-0.2, 0) is 9.53 Å². The minimum absolute atomic E-state index is 0.297. The molecule has 0 heterocycles. The molecule has 1 unspecified atom stereocenters. The van der Waals surface area contributed by atoms with Gasteiger partial charge >= 0.3 is 5.97 Å². The Bertz CT molecular complexity index is 862. The van der Waals surface area contributed by atoms with Crippen LogP contribution in [0.25, 0.3) is 0 Å². The summed E-state index contributed by atoms with van der Waals surface area (Å²) in [5, 5.41) is 3.29. The lowest BCUT2D eigenvalue weighted by atomic mass is 9.78. The van der Waals surface area contributed by atoms with Crippen molar-refractivity contribution in [1.29, 1.82) is 0 Å². The number of allylic oxidation sites excluding steroid dienone is 2. The highest BCUT2D eigenvalue weighted by Crippen LogP contribution is 2.39. The lowest BCUT2D eigenvalue weighted by molar-refractivity contribution is -0.149. The molecule has 3 rings (SSSR count). The second-order valence-electron chi connectivity index (χ2n) is 6.60. The molecule has 0 spiro atoms. The maximum absolute atomic E-state index is 13.2. The van der Waals surface area contributed by atoms with Crippen LogP contribution in [0.4, 0.5) is 10.1 Å². The van der Waals surface area contributed by atoms with Crippen molar-refractivity contribution in [2.45, 2.75) is 18.2 Å². The SMILES string of the molecule is COC(=O)C1(C)CC=C(CSc2ccccc2)C=C1Nc1ccc(F)cc1. The molecule has 2 aromatic rings. The fourth-order valence-corrected chi connectivity index (χ4v) is 3.80. The highest BCUT2D eigenvalue weighted by molar-refractivity contribution is 7.99. The van der Waals surface area contributed by atoms with E-state index in [4.69, 9.17) is 4.74 Å². The summed E-state index contributed by atoms with van der Waals surface area (Å²) in [5.41, 5.74) is 1.82. The van der Waals surface area contributed by atoms with Gasteiger partial charge in [0, 0.05) is 22.0 Å². The molecule has 0 saturated heterocycles. The van der Waals surface area contributed by atoms with E-state index in [2.05, 4.69) is 23.5 Å². The Kier molecular flexibility index (Phi) is 6.01. The third-order valence-electron chi connectivity index (χ3n) is 4.60. The van der Waals surface area contributed by atoms with Crippen molar-refractivity contribution in [2.24, 2.45) is 5.41 Å². The molecule has 1 aliphatic rings. The summed E-state index contributed by atoms with van der Waals surface area (Å²) < 4.78 is 18.2. The normalized spacial score (nSPS) is 19.1. The Labute approximate surface area is 163 Å². The summed E-state index contributed by atoms with van der Waals surface area (Å²) in [7, 11) is 1.40. The van der Waals surface area contributed by atoms with Gasteiger partial charge in [-0.3, -0.25) is 4.79 Å². The van der Waals surface area contributed by atoms with Crippen LogP contribution in [0.15, 0.2) is 82.9 Å². The fraction of sp³-hybridized carbons (Fsp3) is 0.227. The van der Waals surface area contributed by atoms with Gasteiger partial charge in [-0.2, -0.15) is 0 Å². The molecule has 1 N–H and O–H groups in total. The van der Waals surface area contributed by atoms with E-state index in [1.54, 1.807) is 23.9 Å². The van der Waals surface area contributed by atoms with Crippen LogP contribution in [0.1, 0.15) is 13.3 Å². The van der Waals surface area contributed by atoms with E-state index in [0.717, 1.165) is 22.7 Å². The first-order valence-corrected chi connectivity index (χ1v) is 9.70. The average molecular weight is 383 g/mol. The van der Waals surface area contributed by atoms with Gasteiger partial charge in [-0.05, 0) is 61.4 Å². The number of halogens is 1. The Morgan fingerprint density at radius 2 is 1.89 bits per heavy atom. The van der Waals surface area contributed by atoms with E-state index in [0.29, 0.717) is 6.42 Å². The van der Waals surface area contributed by atoms with E-state index in [1.165, 1.54) is 24.1 Å². The standard InChI is InChI=1S/C22H22FNO2S/c1-22(21(25)26-2)13-12-16(15-27-19-6-4-3-5-7-19)14-20(22)24-18-10-8-17(23)9-11-18/h3-12,14,24H,13,15H2,1-2H3. The van der Waals surface area contributed by atoms with Crippen LogP contribution in [0.2, 0.25) is 0 Å². The number of hydrogen-bond acceptors (Lipinski definition) is 4. The molecule has 0 bridgehead atoms. The van der Waals surface area contributed by atoms with Gasteiger partial charge in [0.25, 0.3) is 0 Å². The van der Waals surface area contributed by atoms with Crippen molar-refractivity contribution < 1.29 is 13.9 Å². The van der Waals surface area contributed by atoms with Gasteiger partial charge in [-0.1, -0.05) is 24.3 Å². The zero-order valence-electron chi connectivity index (χ0n) is 15.4. The van der Waals surface area contributed by atoms with E-state index in [1.807, 2.05) is 31.2 Å². The van der Waals surface area contributed by atoms with Crippen LogP contribution >= 0.6 is 11.8 Å². The van der Waals surface area contributed by atoms with Gasteiger partial charge in [0.15, 0.2) is 0 Å². The number of carbonyl (C=O) groups is 1. The Balaban J connectivity index is 1.81. The van der Waals surface area contributed by atoms with Crippen molar-refractivity contribution in [2.75, 3.05) is 18.2 Å². The van der Waals surface area contributed by atoms with E-state index in [-0.39, 0.29) is 11.8 Å². The Morgan fingerprint density at radius 1 is 1.19 bits per heavy atom. The highest BCUT2D eigenvalue weighted by atomic mass is 32.2. The Hall–Kier alpha value is -2.53. The van der Waals surface area contributed by atoms with Crippen molar-refractivity contribution in [3.63, 3.8) is 0 Å². The van der Waals surface area contributed by atoms with Crippen molar-refractivity contribution in [3.05, 3.63) is 83.8 Å². The molecule has 2 aromatic carbocycles. The molecule has 140 valence electrons. The first kappa shape index (κ1) is 19.2. The molecule has 0 aliphatic heterocycles. The van der Waals surface area contributed by atoms with Crippen LogP contribution in [0.3, 0.4) is 0 Å². The van der Waals surface area contributed by atoms with Gasteiger partial charge in [-0.25, -0.2) is 4.39 Å². The molecule has 1 atom stereocenters. The summed E-state index contributed by atoms with van der Waals surface area (Å²) in [6.45, 7) is 1.86. The van der Waals surface area contributed by atoms with Crippen molar-refractivity contribution in [1.82, 2.24) is 0 Å². The number of methoxy groups -OCH3 is 1. The predicted molar refractivity (Wildman–Crippen MR) is 108 cm³/mol. The largest absolute Gasteiger partial charge is 0.468 e. The summed E-state index contributed by atoms with van der Waals surface area (Å²) >= 11 is 1.75. The quantitative estimate of drug-likeness (QED) is 0.534. The smallest absolute Gasteiger partial charge is 0.317 e. The highest BCUT2D eigenvalue weighted by Gasteiger charge is 2.39. The fourth-order valence-electron chi connectivity index (χ4n) is 2.91. The lowest BCUT2D eigenvalue weighted by Crippen LogP contribution is -2.35. The van der Waals surface area contributed by atoms with Gasteiger partial charge in [0.2, 0.25) is 0 Å². The van der Waals surface area contributed by atoms with Gasteiger partial charge < -0.3 is 10.1 Å². The molecular weight excluding hydrogens is 361 g/mol. The number of benzene rings is 2. The zero-order chi connectivity index (χ0) is 19.3. The third kappa shape index (κ3) is 4.61. The van der Waals surface area contributed by atoms with Crippen LogP contribution < -0.4 is 5.32 Å². The summed E-state index contributed by atoms with van der Waals surface area (Å²) in [5.74, 6) is 0.207. The van der Waals surface area contributed by atoms with E-state index in [9.17, 15) is 9.18 Å². The molecule has 0 radical (unpaired) electrons. The van der Waals surface area contributed by atoms with Crippen molar-refractivity contribution in [3.8, 4) is 0 Å². The van der Waals surface area contributed by atoms with Gasteiger partial charge in [0.05, 0.1) is 7.11 Å². The second kappa shape index (κ2) is 8.44. The molecule has 1 aliphatic carbocycles. The van der Waals surface area contributed by atoms with E-state index >= 15 is 0 Å². The Morgan fingerprint density at radius 3 is 2.56 bits per heavy atom. The number of ether oxygens (including phenoxy) is 1. The third-order valence-corrected chi connectivity index (χ3v) is 5.69. The first-order chi connectivity index (χ1) is 13.0. The number of anilines is 1. The second-order valence-corrected chi connectivity index (χ2v) is 7.65. The van der Waals surface area contributed by atoms with Crippen LogP contribution in [0, 0.1) is 11.2 Å². The summed E-state index contributed by atoms with van der Waals surface area (Å²) in [6.07, 6.45) is 4.63. The number of thioether (sulfide) groups is 1. The molecule has 5 heteroatoms. The summed E-state index contributed by atoms with van der Waals surface area (Å²) in [4.78, 5) is 13.6. The monoisotopic (exact) mass is 383 g/mol. The van der Waals surface area contributed by atoms with Crippen LogP contribution in [0.5, 0.6) is 0 Å². The number of nitrogens with one attached hydrogen (secondary N) is 1. The van der Waals surface area contributed by atoms with Crippen molar-refractivity contribution >= 4 is 23.4 Å². The maximum atomic E-state index is 13.2. The summed E-state index contributed by atoms with van der Waals surface area (Å²) in [6, 6.07) is 16.3. The molecule has 0 saturated carbocycles. The minimum Gasteiger partial charge on any atom is -0.468 e. The van der Waals surface area contributed by atoms with Gasteiger partial charge in [0.1, 0.15) is 11.2 Å².